The molecular formula is C13H20N2O. The van der Waals surface area contributed by atoms with E-state index in [1.165, 1.54) is 16.8 Å². The van der Waals surface area contributed by atoms with E-state index < -0.39 is 0 Å². The van der Waals surface area contributed by atoms with Gasteiger partial charge in [0.15, 0.2) is 0 Å². The molecule has 2 rings (SSSR count). The topological polar surface area (TPSA) is 33.3 Å². The highest BCUT2D eigenvalue weighted by atomic mass is 16.5. The van der Waals surface area contributed by atoms with Gasteiger partial charge in [0.05, 0.1) is 0 Å². The maximum atomic E-state index is 5.02. The maximum Gasteiger partial charge on any atom is 0.0474 e. The predicted molar refractivity (Wildman–Crippen MR) is 66.8 cm³/mol. The lowest BCUT2D eigenvalue weighted by Gasteiger charge is -2.09. The van der Waals surface area contributed by atoms with E-state index in [1.54, 1.807) is 7.11 Å². The zero-order chi connectivity index (χ0) is 11.2. The van der Waals surface area contributed by atoms with Crippen LogP contribution < -0.4 is 10.6 Å². The minimum Gasteiger partial charge on any atom is -0.385 e. The fourth-order valence-corrected chi connectivity index (χ4v) is 2.12. The van der Waals surface area contributed by atoms with Crippen molar-refractivity contribution in [3.8, 4) is 0 Å². The molecule has 0 amide bonds. The third kappa shape index (κ3) is 2.74. The van der Waals surface area contributed by atoms with Crippen LogP contribution >= 0.6 is 0 Å². The quantitative estimate of drug-likeness (QED) is 0.717. The van der Waals surface area contributed by atoms with Crippen LogP contribution in [0.4, 0.5) is 5.69 Å². The van der Waals surface area contributed by atoms with E-state index >= 15 is 0 Å². The Kier molecular flexibility index (Phi) is 4.19. The number of fused-ring (bicyclic) bond motifs is 1. The molecule has 3 nitrogen and oxygen atoms in total. The molecule has 0 saturated carbocycles. The van der Waals surface area contributed by atoms with Gasteiger partial charge in [-0.2, -0.15) is 0 Å². The summed E-state index contributed by atoms with van der Waals surface area (Å²) < 4.78 is 5.02. The largest absolute Gasteiger partial charge is 0.385 e. The first-order valence-corrected chi connectivity index (χ1v) is 5.96. The lowest BCUT2D eigenvalue weighted by Crippen LogP contribution is -2.16. The van der Waals surface area contributed by atoms with Crippen molar-refractivity contribution < 1.29 is 4.74 Å². The molecule has 0 atom stereocenters. The number of para-hydroxylation sites is 1. The summed E-state index contributed by atoms with van der Waals surface area (Å²) in [5.41, 5.74) is 4.19. The molecule has 0 aromatic heterocycles. The van der Waals surface area contributed by atoms with Crippen molar-refractivity contribution in [3.63, 3.8) is 0 Å². The summed E-state index contributed by atoms with van der Waals surface area (Å²) in [6.45, 7) is 3.87. The minimum atomic E-state index is 0.831. The van der Waals surface area contributed by atoms with Gasteiger partial charge >= 0.3 is 0 Å². The van der Waals surface area contributed by atoms with Crippen molar-refractivity contribution >= 4 is 5.69 Å². The molecule has 0 aliphatic carbocycles. The molecule has 2 N–H and O–H groups in total. The Labute approximate surface area is 97.2 Å². The first-order chi connectivity index (χ1) is 7.92. The van der Waals surface area contributed by atoms with Crippen molar-refractivity contribution in [1.82, 2.24) is 5.32 Å². The summed E-state index contributed by atoms with van der Waals surface area (Å²) in [6, 6.07) is 6.56. The van der Waals surface area contributed by atoms with E-state index in [1.807, 2.05) is 0 Å². The monoisotopic (exact) mass is 220 g/mol. The van der Waals surface area contributed by atoms with Gasteiger partial charge < -0.3 is 15.4 Å². The molecule has 0 fully saturated rings. The summed E-state index contributed by atoms with van der Waals surface area (Å²) in [5.74, 6) is 0. The Morgan fingerprint density at radius 2 is 2.38 bits per heavy atom. The molecule has 1 heterocycles. The standard InChI is InChI=1S/C13H20N2O/c1-16-9-3-7-14-10-12-5-2-4-11-6-8-15-13(11)12/h2,4-5,14-15H,3,6-10H2,1H3. The van der Waals surface area contributed by atoms with Crippen LogP contribution in [0.15, 0.2) is 18.2 Å². The van der Waals surface area contributed by atoms with E-state index in [0.29, 0.717) is 0 Å². The molecular weight excluding hydrogens is 200 g/mol. The number of methoxy groups -OCH3 is 1. The molecule has 1 aromatic rings. The maximum absolute atomic E-state index is 5.02. The second-order valence-corrected chi connectivity index (χ2v) is 4.15. The highest BCUT2D eigenvalue weighted by Gasteiger charge is 2.12. The van der Waals surface area contributed by atoms with Crippen LogP contribution in [0, 0.1) is 0 Å². The molecule has 88 valence electrons. The van der Waals surface area contributed by atoms with Crippen LogP contribution in [0.2, 0.25) is 0 Å². The van der Waals surface area contributed by atoms with Crippen LogP contribution in [-0.4, -0.2) is 26.8 Å². The second kappa shape index (κ2) is 5.87. The fourth-order valence-electron chi connectivity index (χ4n) is 2.12. The Bertz CT molecular complexity index is 339. The van der Waals surface area contributed by atoms with Gasteiger partial charge in [0, 0.05) is 32.5 Å². The third-order valence-electron chi connectivity index (χ3n) is 2.95. The molecule has 16 heavy (non-hydrogen) atoms. The van der Waals surface area contributed by atoms with Gasteiger partial charge in [0.1, 0.15) is 0 Å². The van der Waals surface area contributed by atoms with Crippen LogP contribution in [-0.2, 0) is 17.7 Å². The van der Waals surface area contributed by atoms with E-state index in [0.717, 1.165) is 39.1 Å². The average Bonchev–Trinajstić information content (AvgIpc) is 2.77. The van der Waals surface area contributed by atoms with E-state index in [-0.39, 0.29) is 0 Å². The highest BCUT2D eigenvalue weighted by Crippen LogP contribution is 2.25. The summed E-state index contributed by atoms with van der Waals surface area (Å²) in [4.78, 5) is 0. The van der Waals surface area contributed by atoms with Crippen molar-refractivity contribution in [2.75, 3.05) is 32.1 Å². The predicted octanol–water partition coefficient (Wildman–Crippen LogP) is 1.78. The Morgan fingerprint density at radius 3 is 3.25 bits per heavy atom. The van der Waals surface area contributed by atoms with Crippen molar-refractivity contribution in [2.45, 2.75) is 19.4 Å². The molecule has 0 radical (unpaired) electrons. The van der Waals surface area contributed by atoms with Gasteiger partial charge in [-0.25, -0.2) is 0 Å². The lowest BCUT2D eigenvalue weighted by atomic mass is 10.1. The van der Waals surface area contributed by atoms with E-state index in [9.17, 15) is 0 Å². The first-order valence-electron chi connectivity index (χ1n) is 5.96. The van der Waals surface area contributed by atoms with Gasteiger partial charge in [0.25, 0.3) is 0 Å². The number of rotatable bonds is 6. The molecule has 3 heteroatoms. The normalized spacial score (nSPS) is 13.6. The van der Waals surface area contributed by atoms with Crippen LogP contribution in [0.1, 0.15) is 17.5 Å². The van der Waals surface area contributed by atoms with Gasteiger partial charge in [-0.05, 0) is 30.5 Å². The van der Waals surface area contributed by atoms with Crippen molar-refractivity contribution in [3.05, 3.63) is 29.3 Å². The van der Waals surface area contributed by atoms with Crippen molar-refractivity contribution in [1.29, 1.82) is 0 Å². The Morgan fingerprint density at radius 1 is 1.44 bits per heavy atom. The second-order valence-electron chi connectivity index (χ2n) is 4.15. The first kappa shape index (κ1) is 11.4. The highest BCUT2D eigenvalue weighted by molar-refractivity contribution is 5.61. The number of hydrogen-bond donors (Lipinski definition) is 2. The zero-order valence-electron chi connectivity index (χ0n) is 9.88. The van der Waals surface area contributed by atoms with Gasteiger partial charge in [0.2, 0.25) is 0 Å². The Hall–Kier alpha value is -1.06. The van der Waals surface area contributed by atoms with Crippen molar-refractivity contribution in [2.24, 2.45) is 0 Å². The number of anilines is 1. The molecule has 1 aliphatic rings. The molecule has 1 aromatic carbocycles. The van der Waals surface area contributed by atoms with Crippen LogP contribution in [0.3, 0.4) is 0 Å². The van der Waals surface area contributed by atoms with Gasteiger partial charge in [-0.1, -0.05) is 18.2 Å². The number of nitrogens with one attached hydrogen (secondary N) is 2. The molecule has 0 saturated heterocycles. The van der Waals surface area contributed by atoms with Gasteiger partial charge in [-0.3, -0.25) is 0 Å². The van der Waals surface area contributed by atoms with Crippen LogP contribution in [0.5, 0.6) is 0 Å². The smallest absolute Gasteiger partial charge is 0.0474 e. The molecule has 0 unspecified atom stereocenters. The summed E-state index contributed by atoms with van der Waals surface area (Å²) in [7, 11) is 1.74. The summed E-state index contributed by atoms with van der Waals surface area (Å²) in [5, 5.41) is 6.90. The zero-order valence-corrected chi connectivity index (χ0v) is 9.88. The number of ether oxygens (including phenoxy) is 1. The fraction of sp³-hybridized carbons (Fsp3) is 0.538. The number of benzene rings is 1. The van der Waals surface area contributed by atoms with Crippen LogP contribution in [0.25, 0.3) is 0 Å². The number of hydrogen-bond acceptors (Lipinski definition) is 3. The average molecular weight is 220 g/mol. The van der Waals surface area contributed by atoms with E-state index in [2.05, 4.69) is 28.8 Å². The Balaban J connectivity index is 1.83. The molecule has 1 aliphatic heterocycles. The van der Waals surface area contributed by atoms with E-state index in [4.69, 9.17) is 4.74 Å². The minimum absolute atomic E-state index is 0.831. The summed E-state index contributed by atoms with van der Waals surface area (Å²) in [6.07, 6.45) is 2.23. The van der Waals surface area contributed by atoms with Gasteiger partial charge in [-0.15, -0.1) is 0 Å². The molecule has 0 spiro atoms. The molecule has 0 bridgehead atoms. The lowest BCUT2D eigenvalue weighted by molar-refractivity contribution is 0.194. The SMILES string of the molecule is COCCCNCc1cccc2c1NCC2. The summed E-state index contributed by atoms with van der Waals surface area (Å²) >= 11 is 0. The third-order valence-corrected chi connectivity index (χ3v) is 2.95.